The number of piperidine rings is 1. The van der Waals surface area contributed by atoms with Crippen molar-refractivity contribution in [3.63, 3.8) is 0 Å². The first-order chi connectivity index (χ1) is 12.2. The summed E-state index contributed by atoms with van der Waals surface area (Å²) in [6, 6.07) is 7.17. The average molecular weight is 343 g/mol. The standard InChI is InChI=1S/C20H29N3O2/c1-2-19(24)17-7-6-8-18(13-17)21-20(25)23-12-9-16(15-23)14-22-10-4-3-5-11-22/h6-8,13,16H,2-5,9-12,14-15H2,1H3,(H,21,25). The van der Waals surface area contributed by atoms with E-state index in [0.29, 0.717) is 23.6 Å². The average Bonchev–Trinajstić information content (AvgIpc) is 3.11. The second-order valence-electron chi connectivity index (χ2n) is 7.25. The van der Waals surface area contributed by atoms with E-state index in [4.69, 9.17) is 0 Å². The monoisotopic (exact) mass is 343 g/mol. The van der Waals surface area contributed by atoms with Crippen molar-refractivity contribution >= 4 is 17.5 Å². The van der Waals surface area contributed by atoms with Gasteiger partial charge in [-0.3, -0.25) is 4.79 Å². The molecule has 25 heavy (non-hydrogen) atoms. The van der Waals surface area contributed by atoms with E-state index < -0.39 is 0 Å². The van der Waals surface area contributed by atoms with Gasteiger partial charge in [0.05, 0.1) is 0 Å². The van der Waals surface area contributed by atoms with Gasteiger partial charge in [0, 0.05) is 37.3 Å². The molecule has 2 saturated heterocycles. The molecule has 136 valence electrons. The number of likely N-dealkylation sites (tertiary alicyclic amines) is 2. The van der Waals surface area contributed by atoms with Gasteiger partial charge in [-0.15, -0.1) is 0 Å². The molecule has 2 amide bonds. The highest BCUT2D eigenvalue weighted by Crippen LogP contribution is 2.21. The normalized spacial score (nSPS) is 21.3. The van der Waals surface area contributed by atoms with Gasteiger partial charge in [0.25, 0.3) is 0 Å². The number of hydrogen-bond acceptors (Lipinski definition) is 3. The van der Waals surface area contributed by atoms with Gasteiger partial charge < -0.3 is 15.1 Å². The molecule has 2 heterocycles. The first kappa shape index (κ1) is 17.9. The summed E-state index contributed by atoms with van der Waals surface area (Å²) in [5.41, 5.74) is 1.36. The van der Waals surface area contributed by atoms with E-state index in [0.717, 1.165) is 26.1 Å². The van der Waals surface area contributed by atoms with Crippen LogP contribution >= 0.6 is 0 Å². The van der Waals surface area contributed by atoms with Crippen LogP contribution in [0.4, 0.5) is 10.5 Å². The van der Waals surface area contributed by atoms with Crippen molar-refractivity contribution in [1.29, 1.82) is 0 Å². The minimum Gasteiger partial charge on any atom is -0.324 e. The molecule has 5 nitrogen and oxygen atoms in total. The zero-order valence-electron chi connectivity index (χ0n) is 15.2. The molecule has 1 aromatic carbocycles. The van der Waals surface area contributed by atoms with Gasteiger partial charge in [0.2, 0.25) is 0 Å². The first-order valence-electron chi connectivity index (χ1n) is 9.57. The van der Waals surface area contributed by atoms with Gasteiger partial charge in [0.15, 0.2) is 5.78 Å². The molecule has 0 saturated carbocycles. The van der Waals surface area contributed by atoms with Crippen molar-refractivity contribution in [1.82, 2.24) is 9.80 Å². The molecular formula is C20H29N3O2. The van der Waals surface area contributed by atoms with Crippen molar-refractivity contribution < 1.29 is 9.59 Å². The minimum atomic E-state index is -0.0535. The van der Waals surface area contributed by atoms with Gasteiger partial charge in [0.1, 0.15) is 0 Å². The summed E-state index contributed by atoms with van der Waals surface area (Å²) < 4.78 is 0. The molecule has 0 radical (unpaired) electrons. The highest BCUT2D eigenvalue weighted by molar-refractivity contribution is 5.98. The Morgan fingerprint density at radius 2 is 1.96 bits per heavy atom. The number of nitrogens with one attached hydrogen (secondary N) is 1. The minimum absolute atomic E-state index is 0.0535. The molecule has 2 aliphatic heterocycles. The van der Waals surface area contributed by atoms with Crippen LogP contribution in [0, 0.1) is 5.92 Å². The fraction of sp³-hybridized carbons (Fsp3) is 0.600. The van der Waals surface area contributed by atoms with E-state index in [9.17, 15) is 9.59 Å². The van der Waals surface area contributed by atoms with Crippen LogP contribution in [0.3, 0.4) is 0 Å². The summed E-state index contributed by atoms with van der Waals surface area (Å²) in [7, 11) is 0. The quantitative estimate of drug-likeness (QED) is 0.831. The number of carbonyl (C=O) groups is 2. The predicted octanol–water partition coefficient (Wildman–Crippen LogP) is 3.62. The fourth-order valence-electron chi connectivity index (χ4n) is 3.85. The molecule has 0 bridgehead atoms. The van der Waals surface area contributed by atoms with Crippen molar-refractivity contribution in [3.8, 4) is 0 Å². The summed E-state index contributed by atoms with van der Waals surface area (Å²) in [4.78, 5) is 28.8. The second kappa shape index (κ2) is 8.48. The zero-order valence-corrected chi connectivity index (χ0v) is 15.2. The maximum Gasteiger partial charge on any atom is 0.321 e. The summed E-state index contributed by atoms with van der Waals surface area (Å²) >= 11 is 0. The van der Waals surface area contributed by atoms with E-state index in [1.165, 1.54) is 32.4 Å². The third-order valence-corrected chi connectivity index (χ3v) is 5.30. The van der Waals surface area contributed by atoms with Crippen LogP contribution in [0.15, 0.2) is 24.3 Å². The molecule has 1 unspecified atom stereocenters. The fourth-order valence-corrected chi connectivity index (χ4v) is 3.85. The van der Waals surface area contributed by atoms with Crippen molar-refractivity contribution in [2.75, 3.05) is 38.0 Å². The number of urea groups is 1. The molecule has 0 aliphatic carbocycles. The van der Waals surface area contributed by atoms with Crippen molar-refractivity contribution in [3.05, 3.63) is 29.8 Å². The summed E-state index contributed by atoms with van der Waals surface area (Å²) in [5, 5.41) is 2.95. The third-order valence-electron chi connectivity index (χ3n) is 5.30. The molecule has 1 N–H and O–H groups in total. The smallest absolute Gasteiger partial charge is 0.321 e. The second-order valence-corrected chi connectivity index (χ2v) is 7.25. The van der Waals surface area contributed by atoms with Crippen LogP contribution in [0.5, 0.6) is 0 Å². The SMILES string of the molecule is CCC(=O)c1cccc(NC(=O)N2CCC(CN3CCCCC3)C2)c1. The lowest BCUT2D eigenvalue weighted by Gasteiger charge is -2.29. The largest absolute Gasteiger partial charge is 0.324 e. The Kier molecular flexibility index (Phi) is 6.08. The molecular weight excluding hydrogens is 314 g/mol. The molecule has 5 heteroatoms. The Labute approximate surface area is 150 Å². The lowest BCUT2D eigenvalue weighted by Crippen LogP contribution is -2.37. The van der Waals surface area contributed by atoms with Crippen LogP contribution in [-0.4, -0.2) is 54.3 Å². The lowest BCUT2D eigenvalue weighted by atomic mass is 10.1. The van der Waals surface area contributed by atoms with Crippen LogP contribution in [0.2, 0.25) is 0 Å². The van der Waals surface area contributed by atoms with Crippen molar-refractivity contribution in [2.45, 2.75) is 39.0 Å². The lowest BCUT2D eigenvalue weighted by molar-refractivity contribution is 0.0988. The number of hydrogen-bond donors (Lipinski definition) is 1. The van der Waals surface area contributed by atoms with Gasteiger partial charge in [-0.05, 0) is 50.4 Å². The number of Topliss-reactive ketones (excluding diaryl/α,β-unsaturated/α-hetero) is 1. The van der Waals surface area contributed by atoms with E-state index >= 15 is 0 Å². The van der Waals surface area contributed by atoms with Crippen LogP contribution in [0.25, 0.3) is 0 Å². The number of amides is 2. The van der Waals surface area contributed by atoms with Gasteiger partial charge in [-0.25, -0.2) is 4.79 Å². The maximum absolute atomic E-state index is 12.5. The van der Waals surface area contributed by atoms with Crippen LogP contribution in [0.1, 0.15) is 49.4 Å². The van der Waals surface area contributed by atoms with Crippen molar-refractivity contribution in [2.24, 2.45) is 5.92 Å². The van der Waals surface area contributed by atoms with E-state index in [1.54, 1.807) is 12.1 Å². The Balaban J connectivity index is 1.51. The predicted molar refractivity (Wildman–Crippen MR) is 100 cm³/mol. The summed E-state index contributed by atoms with van der Waals surface area (Å²) in [6.45, 7) is 7.03. The van der Waals surface area contributed by atoms with E-state index in [-0.39, 0.29) is 11.8 Å². The van der Waals surface area contributed by atoms with Gasteiger partial charge in [-0.1, -0.05) is 25.5 Å². The zero-order chi connectivity index (χ0) is 17.6. The molecule has 1 atom stereocenters. The van der Waals surface area contributed by atoms with Crippen LogP contribution < -0.4 is 5.32 Å². The van der Waals surface area contributed by atoms with E-state index in [1.807, 2.05) is 24.0 Å². The number of ketones is 1. The topological polar surface area (TPSA) is 52.7 Å². The number of rotatable bonds is 5. The Morgan fingerprint density at radius 1 is 1.16 bits per heavy atom. The van der Waals surface area contributed by atoms with E-state index in [2.05, 4.69) is 10.2 Å². The molecule has 3 rings (SSSR count). The summed E-state index contributed by atoms with van der Waals surface area (Å²) in [5.74, 6) is 0.677. The third kappa shape index (κ3) is 4.82. The molecule has 2 aliphatic rings. The Hall–Kier alpha value is -1.88. The molecule has 0 aromatic heterocycles. The Morgan fingerprint density at radius 3 is 2.72 bits per heavy atom. The number of carbonyl (C=O) groups excluding carboxylic acids is 2. The highest BCUT2D eigenvalue weighted by atomic mass is 16.2. The molecule has 2 fully saturated rings. The Bertz CT molecular complexity index is 611. The van der Waals surface area contributed by atoms with Crippen LogP contribution in [-0.2, 0) is 0 Å². The molecule has 0 spiro atoms. The number of nitrogens with zero attached hydrogens (tertiary/aromatic N) is 2. The number of benzene rings is 1. The highest BCUT2D eigenvalue weighted by Gasteiger charge is 2.28. The van der Waals surface area contributed by atoms with Gasteiger partial charge in [-0.2, -0.15) is 0 Å². The maximum atomic E-state index is 12.5. The number of anilines is 1. The van der Waals surface area contributed by atoms with Gasteiger partial charge >= 0.3 is 6.03 Å². The summed E-state index contributed by atoms with van der Waals surface area (Å²) in [6.07, 6.45) is 5.53. The first-order valence-corrected chi connectivity index (χ1v) is 9.57. The molecule has 1 aromatic rings.